The van der Waals surface area contributed by atoms with Gasteiger partial charge in [0.1, 0.15) is 0 Å². The average Bonchev–Trinajstić information content (AvgIpc) is 2.18. The molecule has 0 aromatic carbocycles. The van der Waals surface area contributed by atoms with Crippen LogP contribution < -0.4 is 0 Å². The Morgan fingerprint density at radius 1 is 1.56 bits per heavy atom. The average molecular weight is 122 g/mol. The summed E-state index contributed by atoms with van der Waals surface area (Å²) in [6.45, 7) is 6.17. The van der Waals surface area contributed by atoms with E-state index >= 15 is 0 Å². The van der Waals surface area contributed by atoms with Crippen molar-refractivity contribution in [2.75, 3.05) is 0 Å². The molecule has 50 valence electrons. The topological polar surface area (TPSA) is 0 Å². The van der Waals surface area contributed by atoms with E-state index in [1.807, 2.05) is 0 Å². The number of allylic oxidation sites excluding steroid dienone is 3. The highest BCUT2D eigenvalue weighted by atomic mass is 14.1. The molecule has 0 aromatic heterocycles. The van der Waals surface area contributed by atoms with E-state index < -0.39 is 0 Å². The summed E-state index contributed by atoms with van der Waals surface area (Å²) in [7, 11) is 0. The normalized spacial score (nSPS) is 23.7. The van der Waals surface area contributed by atoms with E-state index in [2.05, 4.69) is 19.6 Å². The first-order valence-corrected chi connectivity index (χ1v) is 3.71. The summed E-state index contributed by atoms with van der Waals surface area (Å²) in [6.07, 6.45) is 7.28. The summed E-state index contributed by atoms with van der Waals surface area (Å²) >= 11 is 0. The van der Waals surface area contributed by atoms with Crippen LogP contribution in [0.3, 0.4) is 0 Å². The first-order valence-electron chi connectivity index (χ1n) is 3.71. The van der Waals surface area contributed by atoms with Crippen LogP contribution in [0.1, 0.15) is 32.6 Å². The Morgan fingerprint density at radius 2 is 2.33 bits per heavy atom. The molecule has 0 aromatic rings. The summed E-state index contributed by atoms with van der Waals surface area (Å²) in [6, 6.07) is 0. The van der Waals surface area contributed by atoms with Gasteiger partial charge >= 0.3 is 0 Å². The lowest BCUT2D eigenvalue weighted by Gasteiger charge is -1.94. The van der Waals surface area contributed by atoms with Crippen molar-refractivity contribution in [1.82, 2.24) is 0 Å². The molecule has 9 heavy (non-hydrogen) atoms. The van der Waals surface area contributed by atoms with Crippen molar-refractivity contribution in [3.8, 4) is 0 Å². The van der Waals surface area contributed by atoms with Crippen molar-refractivity contribution in [2.24, 2.45) is 0 Å². The molecule has 0 nitrogen and oxygen atoms in total. The minimum Gasteiger partial charge on any atom is -0.0956 e. The van der Waals surface area contributed by atoms with Gasteiger partial charge < -0.3 is 0 Å². The van der Waals surface area contributed by atoms with Crippen LogP contribution in [-0.2, 0) is 0 Å². The predicted octanol–water partition coefficient (Wildman–Crippen LogP) is 3.06. The molecule has 0 unspecified atom stereocenters. The van der Waals surface area contributed by atoms with E-state index in [1.165, 1.54) is 30.4 Å². The molecule has 0 heteroatoms. The summed E-state index contributed by atoms with van der Waals surface area (Å²) in [5, 5.41) is 0. The van der Waals surface area contributed by atoms with Crippen molar-refractivity contribution in [3.05, 3.63) is 23.8 Å². The molecule has 1 rings (SSSR count). The molecular weight excluding hydrogens is 108 g/mol. The van der Waals surface area contributed by atoms with Crippen LogP contribution in [0.2, 0.25) is 0 Å². The van der Waals surface area contributed by atoms with Crippen LogP contribution in [0.5, 0.6) is 0 Å². The summed E-state index contributed by atoms with van der Waals surface area (Å²) in [4.78, 5) is 0. The lowest BCUT2D eigenvalue weighted by Crippen LogP contribution is -1.73. The van der Waals surface area contributed by atoms with E-state index in [9.17, 15) is 0 Å². The lowest BCUT2D eigenvalue weighted by atomic mass is 10.1. The number of rotatable bonds is 1. The van der Waals surface area contributed by atoms with Crippen molar-refractivity contribution in [3.63, 3.8) is 0 Å². The second kappa shape index (κ2) is 2.86. The molecule has 0 heterocycles. The van der Waals surface area contributed by atoms with Crippen LogP contribution in [0.15, 0.2) is 23.8 Å². The fourth-order valence-corrected chi connectivity index (χ4v) is 1.32. The quantitative estimate of drug-likeness (QED) is 0.501. The maximum Gasteiger partial charge on any atom is -0.0276 e. The molecule has 0 saturated heterocycles. The Balaban J connectivity index is 2.59. The van der Waals surface area contributed by atoms with Gasteiger partial charge in [0.2, 0.25) is 0 Å². The van der Waals surface area contributed by atoms with Crippen molar-refractivity contribution >= 4 is 0 Å². The zero-order valence-electron chi connectivity index (χ0n) is 6.11. The van der Waals surface area contributed by atoms with E-state index in [0.717, 1.165) is 6.42 Å². The molecule has 0 radical (unpaired) electrons. The first kappa shape index (κ1) is 6.60. The Labute approximate surface area is 57.3 Å². The Hall–Kier alpha value is -0.520. The molecule has 0 atom stereocenters. The highest BCUT2D eigenvalue weighted by Gasteiger charge is 2.09. The number of hydrogen-bond acceptors (Lipinski definition) is 0. The fraction of sp³-hybridized carbons (Fsp3) is 0.556. The predicted molar refractivity (Wildman–Crippen MR) is 41.4 cm³/mol. The van der Waals surface area contributed by atoms with Crippen molar-refractivity contribution in [1.29, 1.82) is 0 Å². The van der Waals surface area contributed by atoms with Gasteiger partial charge in [-0.3, -0.25) is 0 Å². The van der Waals surface area contributed by atoms with Crippen LogP contribution in [0.4, 0.5) is 0 Å². The van der Waals surface area contributed by atoms with Crippen LogP contribution in [0.25, 0.3) is 0 Å². The van der Waals surface area contributed by atoms with Gasteiger partial charge in [-0.1, -0.05) is 25.2 Å². The van der Waals surface area contributed by atoms with Gasteiger partial charge in [-0.05, 0) is 31.3 Å². The molecule has 1 aliphatic rings. The van der Waals surface area contributed by atoms with E-state index in [0.29, 0.717) is 0 Å². The van der Waals surface area contributed by atoms with Gasteiger partial charge in [-0.2, -0.15) is 0 Å². The molecule has 0 aliphatic heterocycles. The molecule has 0 spiro atoms. The summed E-state index contributed by atoms with van der Waals surface area (Å²) in [5.41, 5.74) is 2.88. The maximum absolute atomic E-state index is 3.99. The third-order valence-corrected chi connectivity index (χ3v) is 1.83. The van der Waals surface area contributed by atoms with Crippen molar-refractivity contribution < 1.29 is 0 Å². The third-order valence-electron chi connectivity index (χ3n) is 1.83. The van der Waals surface area contributed by atoms with Gasteiger partial charge in [0.25, 0.3) is 0 Å². The zero-order chi connectivity index (χ0) is 6.69. The van der Waals surface area contributed by atoms with E-state index in [-0.39, 0.29) is 0 Å². The minimum atomic E-state index is 1.16. The zero-order valence-corrected chi connectivity index (χ0v) is 6.11. The van der Waals surface area contributed by atoms with Crippen LogP contribution >= 0.6 is 0 Å². The van der Waals surface area contributed by atoms with Crippen LogP contribution in [0, 0.1) is 0 Å². The second-order valence-corrected chi connectivity index (χ2v) is 2.59. The molecule has 0 amide bonds. The third kappa shape index (κ3) is 1.44. The van der Waals surface area contributed by atoms with Gasteiger partial charge in [0.05, 0.1) is 0 Å². The van der Waals surface area contributed by atoms with Gasteiger partial charge in [-0.15, -0.1) is 0 Å². The van der Waals surface area contributed by atoms with E-state index in [1.54, 1.807) is 0 Å². The smallest absolute Gasteiger partial charge is 0.0276 e. The summed E-state index contributed by atoms with van der Waals surface area (Å²) < 4.78 is 0. The van der Waals surface area contributed by atoms with Gasteiger partial charge in [0, 0.05) is 0 Å². The molecule has 1 aliphatic carbocycles. The SMILES string of the molecule is C=C1CCC/C1=C/CC. The highest BCUT2D eigenvalue weighted by molar-refractivity contribution is 5.31. The molecule has 1 saturated carbocycles. The maximum atomic E-state index is 3.99. The van der Waals surface area contributed by atoms with Gasteiger partial charge in [-0.25, -0.2) is 0 Å². The highest BCUT2D eigenvalue weighted by Crippen LogP contribution is 2.28. The molecule has 0 N–H and O–H groups in total. The first-order chi connectivity index (χ1) is 4.34. The second-order valence-electron chi connectivity index (χ2n) is 2.59. The van der Waals surface area contributed by atoms with Crippen LogP contribution in [-0.4, -0.2) is 0 Å². The Bertz CT molecular complexity index is 140. The van der Waals surface area contributed by atoms with E-state index in [4.69, 9.17) is 0 Å². The monoisotopic (exact) mass is 122 g/mol. The fourth-order valence-electron chi connectivity index (χ4n) is 1.32. The minimum absolute atomic E-state index is 1.16. The largest absolute Gasteiger partial charge is 0.0956 e. The number of hydrogen-bond donors (Lipinski definition) is 0. The van der Waals surface area contributed by atoms with Crippen molar-refractivity contribution in [2.45, 2.75) is 32.6 Å². The molecule has 0 bridgehead atoms. The lowest BCUT2D eigenvalue weighted by molar-refractivity contribution is 0.931. The molecule has 1 fully saturated rings. The Morgan fingerprint density at radius 3 is 2.78 bits per heavy atom. The molecular formula is C9H14. The standard InChI is InChI=1S/C9H14/c1-3-5-9-7-4-6-8(9)2/h5H,2-4,6-7H2,1H3/b9-5-. The Kier molecular flexibility index (Phi) is 2.10. The van der Waals surface area contributed by atoms with Gasteiger partial charge in [0.15, 0.2) is 0 Å². The summed E-state index contributed by atoms with van der Waals surface area (Å²) in [5.74, 6) is 0.